The van der Waals surface area contributed by atoms with Crippen LogP contribution in [0.3, 0.4) is 0 Å². The molecule has 1 heterocycles. The summed E-state index contributed by atoms with van der Waals surface area (Å²) in [4.78, 5) is 3.62. The first-order chi connectivity index (χ1) is 10.6. The van der Waals surface area contributed by atoms with E-state index in [-0.39, 0.29) is 26.9 Å². The van der Waals surface area contributed by atoms with Gasteiger partial charge in [0.25, 0.3) is 0 Å². The number of hydrogen-bond acceptors (Lipinski definition) is 2. The topological polar surface area (TPSA) is 33.1 Å². The SMILES string of the molecule is CCC(O)c1cc(-c2ncc(C(F)(F)F)cc2Cl)c(F)cc1Cl. The minimum atomic E-state index is -4.60. The fourth-order valence-electron chi connectivity index (χ4n) is 2.01. The Morgan fingerprint density at radius 1 is 1.17 bits per heavy atom. The highest BCUT2D eigenvalue weighted by atomic mass is 35.5. The van der Waals surface area contributed by atoms with Crippen molar-refractivity contribution in [2.45, 2.75) is 25.6 Å². The average molecular weight is 368 g/mol. The van der Waals surface area contributed by atoms with Gasteiger partial charge in [0.2, 0.25) is 0 Å². The summed E-state index contributed by atoms with van der Waals surface area (Å²) in [7, 11) is 0. The predicted molar refractivity (Wildman–Crippen MR) is 79.9 cm³/mol. The number of hydrogen-bond donors (Lipinski definition) is 1. The highest BCUT2D eigenvalue weighted by Crippen LogP contribution is 2.37. The van der Waals surface area contributed by atoms with Crippen molar-refractivity contribution in [2.24, 2.45) is 0 Å². The first kappa shape index (κ1) is 18.0. The standard InChI is InChI=1S/C15H11Cl2F4NO/c1-2-13(23)8-4-9(12(18)5-10(8)16)14-11(17)3-7(6-22-14)15(19,20)21/h3-6,13,23H,2H2,1H3. The molecule has 2 aromatic rings. The van der Waals surface area contributed by atoms with E-state index in [1.807, 2.05) is 0 Å². The van der Waals surface area contributed by atoms with Crippen LogP contribution in [0.2, 0.25) is 10.0 Å². The van der Waals surface area contributed by atoms with E-state index in [4.69, 9.17) is 23.2 Å². The molecule has 8 heteroatoms. The maximum Gasteiger partial charge on any atom is 0.417 e. The first-order valence-corrected chi connectivity index (χ1v) is 7.30. The van der Waals surface area contributed by atoms with Crippen molar-refractivity contribution < 1.29 is 22.7 Å². The van der Waals surface area contributed by atoms with Crippen LogP contribution in [0.1, 0.15) is 30.6 Å². The summed E-state index contributed by atoms with van der Waals surface area (Å²) in [5.74, 6) is -0.795. The largest absolute Gasteiger partial charge is 0.417 e. The second-order valence-electron chi connectivity index (χ2n) is 4.83. The molecule has 0 bridgehead atoms. The van der Waals surface area contributed by atoms with Gasteiger partial charge in [-0.2, -0.15) is 13.2 Å². The van der Waals surface area contributed by atoms with Gasteiger partial charge >= 0.3 is 6.18 Å². The Balaban J connectivity index is 2.58. The molecule has 0 fully saturated rings. The van der Waals surface area contributed by atoms with Gasteiger partial charge in [0.1, 0.15) is 5.82 Å². The van der Waals surface area contributed by atoms with E-state index in [2.05, 4.69) is 4.98 Å². The van der Waals surface area contributed by atoms with Gasteiger partial charge in [-0.05, 0) is 30.2 Å². The molecule has 23 heavy (non-hydrogen) atoms. The summed E-state index contributed by atoms with van der Waals surface area (Å²) in [6, 6.07) is 2.89. The van der Waals surface area contributed by atoms with Gasteiger partial charge in [-0.3, -0.25) is 4.98 Å². The Morgan fingerprint density at radius 2 is 1.83 bits per heavy atom. The zero-order valence-electron chi connectivity index (χ0n) is 11.8. The summed E-state index contributed by atoms with van der Waals surface area (Å²) in [6.45, 7) is 1.70. The van der Waals surface area contributed by atoms with Crippen molar-refractivity contribution in [3.8, 4) is 11.3 Å². The minimum Gasteiger partial charge on any atom is -0.388 e. The van der Waals surface area contributed by atoms with Gasteiger partial charge in [-0.1, -0.05) is 30.1 Å². The van der Waals surface area contributed by atoms with E-state index in [1.165, 1.54) is 6.07 Å². The van der Waals surface area contributed by atoms with Crippen LogP contribution < -0.4 is 0 Å². The van der Waals surface area contributed by atoms with Crippen LogP contribution in [-0.2, 0) is 6.18 Å². The molecule has 0 saturated heterocycles. The lowest BCUT2D eigenvalue weighted by molar-refractivity contribution is -0.137. The van der Waals surface area contributed by atoms with Gasteiger partial charge in [-0.15, -0.1) is 0 Å². The average Bonchev–Trinajstić information content (AvgIpc) is 2.46. The van der Waals surface area contributed by atoms with Gasteiger partial charge < -0.3 is 5.11 Å². The molecule has 0 radical (unpaired) electrons. The quantitative estimate of drug-likeness (QED) is 0.710. The van der Waals surface area contributed by atoms with E-state index in [0.717, 1.165) is 6.07 Å². The number of aliphatic hydroxyl groups is 1. The molecule has 0 aliphatic heterocycles. The van der Waals surface area contributed by atoms with Crippen molar-refractivity contribution in [2.75, 3.05) is 0 Å². The van der Waals surface area contributed by atoms with Gasteiger partial charge in [0.05, 0.1) is 22.4 Å². The van der Waals surface area contributed by atoms with Crippen LogP contribution in [0.25, 0.3) is 11.3 Å². The van der Waals surface area contributed by atoms with Gasteiger partial charge in [-0.25, -0.2) is 4.39 Å². The van der Waals surface area contributed by atoms with Crippen molar-refractivity contribution in [3.05, 3.63) is 51.4 Å². The normalized spacial score (nSPS) is 13.2. The van der Waals surface area contributed by atoms with Crippen LogP contribution in [0.15, 0.2) is 24.4 Å². The Bertz CT molecular complexity index is 734. The first-order valence-electron chi connectivity index (χ1n) is 6.55. The summed E-state index contributed by atoms with van der Waals surface area (Å²) < 4.78 is 52.0. The van der Waals surface area contributed by atoms with E-state index >= 15 is 0 Å². The molecular formula is C15H11Cl2F4NO. The van der Waals surface area contributed by atoms with E-state index in [9.17, 15) is 22.7 Å². The molecule has 1 aromatic heterocycles. The second kappa shape index (κ2) is 6.63. The van der Waals surface area contributed by atoms with E-state index in [1.54, 1.807) is 6.92 Å². The summed E-state index contributed by atoms with van der Waals surface area (Å²) >= 11 is 11.7. The summed E-state index contributed by atoms with van der Waals surface area (Å²) in [6.07, 6.45) is -4.63. The molecule has 1 unspecified atom stereocenters. The molecule has 0 aliphatic rings. The van der Waals surface area contributed by atoms with Crippen LogP contribution in [0.4, 0.5) is 17.6 Å². The van der Waals surface area contributed by atoms with Crippen molar-refractivity contribution in [1.29, 1.82) is 0 Å². The van der Waals surface area contributed by atoms with Crippen LogP contribution in [-0.4, -0.2) is 10.1 Å². The van der Waals surface area contributed by atoms with Crippen LogP contribution in [0.5, 0.6) is 0 Å². The Labute approximate surface area is 139 Å². The lowest BCUT2D eigenvalue weighted by Crippen LogP contribution is -2.06. The number of rotatable bonds is 3. The monoisotopic (exact) mass is 367 g/mol. The second-order valence-corrected chi connectivity index (χ2v) is 5.64. The zero-order valence-corrected chi connectivity index (χ0v) is 13.3. The maximum absolute atomic E-state index is 14.1. The third-order valence-electron chi connectivity index (χ3n) is 3.26. The zero-order chi connectivity index (χ0) is 17.4. The molecule has 2 rings (SSSR count). The molecule has 2 nitrogen and oxygen atoms in total. The van der Waals surface area contributed by atoms with Crippen LogP contribution >= 0.6 is 23.2 Å². The fourth-order valence-corrected chi connectivity index (χ4v) is 2.56. The van der Waals surface area contributed by atoms with E-state index in [0.29, 0.717) is 18.7 Å². The number of halogens is 6. The van der Waals surface area contributed by atoms with Crippen molar-refractivity contribution in [1.82, 2.24) is 4.98 Å². The Morgan fingerprint density at radius 3 is 2.35 bits per heavy atom. The maximum atomic E-state index is 14.1. The summed E-state index contributed by atoms with van der Waals surface area (Å²) in [5.41, 5.74) is -1.06. The van der Waals surface area contributed by atoms with Crippen LogP contribution in [0, 0.1) is 5.82 Å². The minimum absolute atomic E-state index is 0.0173. The highest BCUT2D eigenvalue weighted by Gasteiger charge is 2.32. The Kier molecular flexibility index (Phi) is 5.18. The molecule has 1 atom stereocenters. The predicted octanol–water partition coefficient (Wildman–Crippen LogP) is 5.66. The number of aromatic nitrogens is 1. The molecule has 1 N–H and O–H groups in total. The third kappa shape index (κ3) is 3.76. The third-order valence-corrected chi connectivity index (χ3v) is 3.87. The van der Waals surface area contributed by atoms with E-state index < -0.39 is 23.7 Å². The molecular weight excluding hydrogens is 357 g/mol. The lowest BCUT2D eigenvalue weighted by atomic mass is 10.0. The number of nitrogens with zero attached hydrogens (tertiary/aromatic N) is 1. The number of aliphatic hydroxyl groups excluding tert-OH is 1. The van der Waals surface area contributed by atoms with Gasteiger partial charge in [0, 0.05) is 16.8 Å². The highest BCUT2D eigenvalue weighted by molar-refractivity contribution is 6.33. The molecule has 0 aliphatic carbocycles. The molecule has 0 saturated carbocycles. The summed E-state index contributed by atoms with van der Waals surface area (Å²) in [5, 5.41) is 9.55. The smallest absolute Gasteiger partial charge is 0.388 e. The fraction of sp³-hybridized carbons (Fsp3) is 0.267. The number of alkyl halides is 3. The number of pyridine rings is 1. The number of benzene rings is 1. The molecule has 0 amide bonds. The van der Waals surface area contributed by atoms with Gasteiger partial charge in [0.15, 0.2) is 0 Å². The molecule has 124 valence electrons. The lowest BCUT2D eigenvalue weighted by Gasteiger charge is -2.14. The van der Waals surface area contributed by atoms with Crippen molar-refractivity contribution in [3.63, 3.8) is 0 Å². The molecule has 1 aromatic carbocycles. The molecule has 0 spiro atoms. The van der Waals surface area contributed by atoms with Crippen molar-refractivity contribution >= 4 is 23.2 Å². The Hall–Kier alpha value is -1.37.